The molecule has 1 N–H and O–H groups in total. The molecular formula is C15H21BrFNO. The Bertz CT molecular complexity index is 387. The van der Waals surface area contributed by atoms with Gasteiger partial charge in [0.15, 0.2) is 0 Å². The number of benzene rings is 1. The van der Waals surface area contributed by atoms with Gasteiger partial charge in [-0.25, -0.2) is 4.39 Å². The van der Waals surface area contributed by atoms with Crippen molar-refractivity contribution in [1.82, 2.24) is 5.32 Å². The molecule has 2 unspecified atom stereocenters. The Morgan fingerprint density at radius 1 is 1.47 bits per heavy atom. The standard InChI is InChI=1S/C15H21BrFNO/c1-2-5-18-14(15-4-3-6-19-15)9-11-7-12(16)10-13(17)8-11/h7-8,10,14-15,18H,2-6,9H2,1H3. The van der Waals surface area contributed by atoms with E-state index in [-0.39, 0.29) is 18.0 Å². The van der Waals surface area contributed by atoms with Crippen molar-refractivity contribution in [3.05, 3.63) is 34.1 Å². The van der Waals surface area contributed by atoms with Gasteiger partial charge in [-0.1, -0.05) is 22.9 Å². The number of halogens is 2. The monoisotopic (exact) mass is 329 g/mol. The van der Waals surface area contributed by atoms with Crippen LogP contribution in [0.1, 0.15) is 31.7 Å². The highest BCUT2D eigenvalue weighted by molar-refractivity contribution is 9.10. The zero-order valence-electron chi connectivity index (χ0n) is 11.3. The van der Waals surface area contributed by atoms with Gasteiger partial charge in [0.25, 0.3) is 0 Å². The number of hydrogen-bond donors (Lipinski definition) is 1. The molecule has 0 amide bonds. The van der Waals surface area contributed by atoms with Gasteiger partial charge in [0.05, 0.1) is 6.10 Å². The Balaban J connectivity index is 2.05. The molecule has 2 atom stereocenters. The molecule has 0 aliphatic carbocycles. The highest BCUT2D eigenvalue weighted by Crippen LogP contribution is 2.21. The van der Waals surface area contributed by atoms with Crippen LogP contribution in [0.3, 0.4) is 0 Å². The molecule has 0 radical (unpaired) electrons. The van der Waals surface area contributed by atoms with Gasteiger partial charge in [0, 0.05) is 17.1 Å². The molecule has 1 aromatic carbocycles. The molecular weight excluding hydrogens is 309 g/mol. The highest BCUT2D eigenvalue weighted by Gasteiger charge is 2.25. The SMILES string of the molecule is CCCNC(Cc1cc(F)cc(Br)c1)C1CCCO1. The van der Waals surface area contributed by atoms with Crippen molar-refractivity contribution in [2.75, 3.05) is 13.2 Å². The van der Waals surface area contributed by atoms with Crippen LogP contribution in [0.15, 0.2) is 22.7 Å². The summed E-state index contributed by atoms with van der Waals surface area (Å²) in [7, 11) is 0. The molecule has 0 saturated carbocycles. The summed E-state index contributed by atoms with van der Waals surface area (Å²) in [6, 6.07) is 5.36. The number of rotatable bonds is 6. The normalized spacial score (nSPS) is 20.7. The van der Waals surface area contributed by atoms with Crippen LogP contribution in [-0.2, 0) is 11.2 Å². The summed E-state index contributed by atoms with van der Waals surface area (Å²) in [6.45, 7) is 3.97. The Morgan fingerprint density at radius 3 is 2.95 bits per heavy atom. The van der Waals surface area contributed by atoms with Gasteiger partial charge in [-0.2, -0.15) is 0 Å². The van der Waals surface area contributed by atoms with E-state index in [9.17, 15) is 4.39 Å². The maximum Gasteiger partial charge on any atom is 0.124 e. The van der Waals surface area contributed by atoms with Crippen molar-refractivity contribution in [2.45, 2.75) is 44.8 Å². The molecule has 4 heteroatoms. The number of hydrogen-bond acceptors (Lipinski definition) is 2. The van der Waals surface area contributed by atoms with Crippen LogP contribution in [0.25, 0.3) is 0 Å². The minimum Gasteiger partial charge on any atom is -0.377 e. The number of ether oxygens (including phenoxy) is 1. The summed E-state index contributed by atoms with van der Waals surface area (Å²) in [5, 5.41) is 3.54. The molecule has 0 aromatic heterocycles. The van der Waals surface area contributed by atoms with Gasteiger partial charge >= 0.3 is 0 Å². The summed E-state index contributed by atoms with van der Waals surface area (Å²) in [5.41, 5.74) is 1.01. The lowest BCUT2D eigenvalue weighted by Crippen LogP contribution is -2.41. The van der Waals surface area contributed by atoms with Crippen LogP contribution in [0.5, 0.6) is 0 Å². The zero-order chi connectivity index (χ0) is 13.7. The third-order valence-electron chi connectivity index (χ3n) is 3.45. The van der Waals surface area contributed by atoms with Crippen molar-refractivity contribution in [3.63, 3.8) is 0 Å². The molecule has 1 aliphatic rings. The summed E-state index contributed by atoms with van der Waals surface area (Å²) >= 11 is 3.35. The molecule has 1 aliphatic heterocycles. The molecule has 0 spiro atoms. The average molecular weight is 330 g/mol. The van der Waals surface area contributed by atoms with Gasteiger partial charge in [0.2, 0.25) is 0 Å². The third-order valence-corrected chi connectivity index (χ3v) is 3.91. The smallest absolute Gasteiger partial charge is 0.124 e. The van der Waals surface area contributed by atoms with Crippen LogP contribution in [-0.4, -0.2) is 25.3 Å². The second-order valence-corrected chi connectivity index (χ2v) is 6.01. The molecule has 106 valence electrons. The first-order chi connectivity index (χ1) is 9.19. The van der Waals surface area contributed by atoms with E-state index in [0.717, 1.165) is 48.9 Å². The molecule has 1 aromatic rings. The summed E-state index contributed by atoms with van der Waals surface area (Å²) < 4.78 is 20.0. The minimum atomic E-state index is -0.189. The zero-order valence-corrected chi connectivity index (χ0v) is 12.9. The van der Waals surface area contributed by atoms with Crippen LogP contribution >= 0.6 is 15.9 Å². The van der Waals surface area contributed by atoms with Gasteiger partial charge in [-0.15, -0.1) is 0 Å². The van der Waals surface area contributed by atoms with Gasteiger partial charge in [0.1, 0.15) is 5.82 Å². The average Bonchev–Trinajstić information content (AvgIpc) is 2.87. The van der Waals surface area contributed by atoms with Gasteiger partial charge < -0.3 is 10.1 Å². The Hall–Kier alpha value is -0.450. The van der Waals surface area contributed by atoms with E-state index in [1.54, 1.807) is 6.07 Å². The molecule has 2 rings (SSSR count). The van der Waals surface area contributed by atoms with E-state index in [1.807, 2.05) is 6.07 Å². The lowest BCUT2D eigenvalue weighted by molar-refractivity contribution is 0.0784. The molecule has 0 bridgehead atoms. The van der Waals surface area contributed by atoms with E-state index in [4.69, 9.17) is 4.74 Å². The quantitative estimate of drug-likeness (QED) is 0.859. The van der Waals surface area contributed by atoms with Gasteiger partial charge in [-0.05, 0) is 56.0 Å². The van der Waals surface area contributed by atoms with Crippen molar-refractivity contribution in [1.29, 1.82) is 0 Å². The van der Waals surface area contributed by atoms with Crippen molar-refractivity contribution in [2.24, 2.45) is 0 Å². The van der Waals surface area contributed by atoms with Crippen LogP contribution in [0.4, 0.5) is 4.39 Å². The lowest BCUT2D eigenvalue weighted by Gasteiger charge is -2.24. The first-order valence-electron chi connectivity index (χ1n) is 6.99. The van der Waals surface area contributed by atoms with E-state index >= 15 is 0 Å². The van der Waals surface area contributed by atoms with Crippen LogP contribution in [0.2, 0.25) is 0 Å². The second-order valence-electron chi connectivity index (χ2n) is 5.09. The lowest BCUT2D eigenvalue weighted by atomic mass is 9.99. The predicted molar refractivity (Wildman–Crippen MR) is 78.9 cm³/mol. The molecule has 2 nitrogen and oxygen atoms in total. The fourth-order valence-electron chi connectivity index (χ4n) is 2.57. The second kappa shape index (κ2) is 7.36. The Labute approximate surface area is 122 Å². The largest absolute Gasteiger partial charge is 0.377 e. The highest BCUT2D eigenvalue weighted by atomic mass is 79.9. The van der Waals surface area contributed by atoms with Crippen LogP contribution in [0, 0.1) is 5.82 Å². The van der Waals surface area contributed by atoms with Crippen molar-refractivity contribution in [3.8, 4) is 0 Å². The summed E-state index contributed by atoms with van der Waals surface area (Å²) in [5.74, 6) is -0.189. The van der Waals surface area contributed by atoms with E-state index in [0.29, 0.717) is 0 Å². The molecule has 1 saturated heterocycles. The van der Waals surface area contributed by atoms with E-state index < -0.39 is 0 Å². The first-order valence-corrected chi connectivity index (χ1v) is 7.78. The Kier molecular flexibility index (Phi) is 5.79. The first kappa shape index (κ1) is 14.9. The summed E-state index contributed by atoms with van der Waals surface area (Å²) in [6.07, 6.45) is 4.38. The molecule has 19 heavy (non-hydrogen) atoms. The van der Waals surface area contributed by atoms with E-state index in [1.165, 1.54) is 6.07 Å². The topological polar surface area (TPSA) is 21.3 Å². The fourth-order valence-corrected chi connectivity index (χ4v) is 3.08. The van der Waals surface area contributed by atoms with Crippen LogP contribution < -0.4 is 5.32 Å². The molecule has 1 fully saturated rings. The minimum absolute atomic E-state index is 0.189. The molecule has 1 heterocycles. The number of nitrogens with one attached hydrogen (secondary N) is 1. The van der Waals surface area contributed by atoms with Crippen molar-refractivity contribution < 1.29 is 9.13 Å². The van der Waals surface area contributed by atoms with Gasteiger partial charge in [-0.3, -0.25) is 0 Å². The summed E-state index contributed by atoms with van der Waals surface area (Å²) in [4.78, 5) is 0. The fraction of sp³-hybridized carbons (Fsp3) is 0.600. The maximum absolute atomic E-state index is 13.4. The third kappa shape index (κ3) is 4.55. The predicted octanol–water partition coefficient (Wildman–Crippen LogP) is 3.68. The Morgan fingerprint density at radius 2 is 2.32 bits per heavy atom. The maximum atomic E-state index is 13.4. The van der Waals surface area contributed by atoms with E-state index in [2.05, 4.69) is 28.2 Å². The van der Waals surface area contributed by atoms with Crippen molar-refractivity contribution >= 4 is 15.9 Å².